The Hall–Kier alpha value is -0.0400. The van der Waals surface area contributed by atoms with Crippen molar-refractivity contribution in [3.8, 4) is 0 Å². The Bertz CT molecular complexity index is 115. The molecule has 2 heteroatoms. The lowest BCUT2D eigenvalue weighted by molar-refractivity contribution is -0.115. The second-order valence-electron chi connectivity index (χ2n) is 3.29. The molecule has 0 heterocycles. The number of carbonyl (C=O) groups is 1. The molecular formula is C12H25ClO. The van der Waals surface area contributed by atoms with Gasteiger partial charge in [-0.15, -0.1) is 0 Å². The predicted octanol–water partition coefficient (Wildman–Crippen LogP) is 4.77. The van der Waals surface area contributed by atoms with E-state index >= 15 is 0 Å². The van der Waals surface area contributed by atoms with Crippen LogP contribution in [0.25, 0.3) is 0 Å². The minimum Gasteiger partial charge on any atom is -0.281 e. The molecule has 86 valence electrons. The minimum atomic E-state index is -0.142. The highest BCUT2D eigenvalue weighted by atomic mass is 35.5. The van der Waals surface area contributed by atoms with E-state index in [2.05, 4.69) is 13.8 Å². The van der Waals surface area contributed by atoms with Crippen molar-refractivity contribution in [2.24, 2.45) is 5.92 Å². The molecule has 0 amide bonds. The SMILES string of the molecule is CC.CCCCC(CCCC)C(=O)Cl. The van der Waals surface area contributed by atoms with Gasteiger partial charge in [0.2, 0.25) is 5.24 Å². The highest BCUT2D eigenvalue weighted by molar-refractivity contribution is 6.63. The predicted molar refractivity (Wildman–Crippen MR) is 64.7 cm³/mol. The number of rotatable bonds is 7. The molecule has 0 radical (unpaired) electrons. The maximum Gasteiger partial charge on any atom is 0.224 e. The van der Waals surface area contributed by atoms with Crippen LogP contribution in [-0.2, 0) is 4.79 Å². The fraction of sp³-hybridized carbons (Fsp3) is 0.917. The number of unbranched alkanes of at least 4 members (excludes halogenated alkanes) is 2. The van der Waals surface area contributed by atoms with Crippen LogP contribution in [0.5, 0.6) is 0 Å². The highest BCUT2D eigenvalue weighted by Gasteiger charge is 2.14. The quantitative estimate of drug-likeness (QED) is 0.565. The molecule has 0 saturated carbocycles. The van der Waals surface area contributed by atoms with E-state index in [1.54, 1.807) is 0 Å². The van der Waals surface area contributed by atoms with E-state index in [1.807, 2.05) is 13.8 Å². The van der Waals surface area contributed by atoms with E-state index in [9.17, 15) is 4.79 Å². The molecular weight excluding hydrogens is 196 g/mol. The van der Waals surface area contributed by atoms with Crippen LogP contribution in [0.15, 0.2) is 0 Å². The van der Waals surface area contributed by atoms with Crippen molar-refractivity contribution in [1.29, 1.82) is 0 Å². The summed E-state index contributed by atoms with van der Waals surface area (Å²) in [6, 6.07) is 0. The molecule has 0 aromatic heterocycles. The molecule has 0 aromatic carbocycles. The molecule has 0 spiro atoms. The number of carbonyl (C=O) groups excluding carboxylic acids is 1. The van der Waals surface area contributed by atoms with Crippen molar-refractivity contribution in [1.82, 2.24) is 0 Å². The summed E-state index contributed by atoms with van der Waals surface area (Å²) >= 11 is 5.48. The Labute approximate surface area is 94.2 Å². The average molecular weight is 221 g/mol. The molecule has 1 nitrogen and oxygen atoms in total. The molecule has 0 N–H and O–H groups in total. The first-order valence-electron chi connectivity index (χ1n) is 5.91. The lowest BCUT2D eigenvalue weighted by Crippen LogP contribution is -2.08. The first-order valence-corrected chi connectivity index (χ1v) is 6.29. The van der Waals surface area contributed by atoms with Gasteiger partial charge >= 0.3 is 0 Å². The van der Waals surface area contributed by atoms with Gasteiger partial charge in [0.1, 0.15) is 0 Å². The summed E-state index contributed by atoms with van der Waals surface area (Å²) in [6.07, 6.45) is 6.47. The van der Waals surface area contributed by atoms with Crippen LogP contribution in [0.2, 0.25) is 0 Å². The number of hydrogen-bond donors (Lipinski definition) is 0. The third-order valence-electron chi connectivity index (χ3n) is 2.13. The summed E-state index contributed by atoms with van der Waals surface area (Å²) in [4.78, 5) is 10.9. The molecule has 14 heavy (non-hydrogen) atoms. The monoisotopic (exact) mass is 220 g/mol. The first-order chi connectivity index (χ1) is 6.72. The molecule has 0 aliphatic heterocycles. The number of hydrogen-bond acceptors (Lipinski definition) is 1. The molecule has 0 atom stereocenters. The zero-order valence-electron chi connectivity index (χ0n) is 10.1. The van der Waals surface area contributed by atoms with Gasteiger partial charge in [-0.2, -0.15) is 0 Å². The van der Waals surface area contributed by atoms with Gasteiger partial charge in [-0.3, -0.25) is 4.79 Å². The topological polar surface area (TPSA) is 17.1 Å². The van der Waals surface area contributed by atoms with E-state index in [1.165, 1.54) is 0 Å². The lowest BCUT2D eigenvalue weighted by atomic mass is 9.97. The van der Waals surface area contributed by atoms with Crippen molar-refractivity contribution in [2.45, 2.75) is 66.2 Å². The van der Waals surface area contributed by atoms with Gasteiger partial charge in [0, 0.05) is 5.92 Å². The second kappa shape index (κ2) is 13.0. The van der Waals surface area contributed by atoms with Crippen LogP contribution in [-0.4, -0.2) is 5.24 Å². The van der Waals surface area contributed by atoms with Gasteiger partial charge in [0.05, 0.1) is 0 Å². The summed E-state index contributed by atoms with van der Waals surface area (Å²) in [5.74, 6) is 0.117. The normalized spacial score (nSPS) is 9.57. The highest BCUT2D eigenvalue weighted by Crippen LogP contribution is 2.18. The third kappa shape index (κ3) is 10.0. The molecule has 0 aliphatic carbocycles. The first kappa shape index (κ1) is 16.4. The van der Waals surface area contributed by atoms with Gasteiger partial charge in [0.15, 0.2) is 0 Å². The average Bonchev–Trinajstić information content (AvgIpc) is 2.20. The van der Waals surface area contributed by atoms with Gasteiger partial charge in [-0.05, 0) is 24.4 Å². The third-order valence-corrected chi connectivity index (χ3v) is 2.44. The molecule has 0 saturated heterocycles. The van der Waals surface area contributed by atoms with Gasteiger partial charge in [0.25, 0.3) is 0 Å². The lowest BCUT2D eigenvalue weighted by Gasteiger charge is -2.10. The molecule has 0 bridgehead atoms. The molecule has 0 fully saturated rings. The van der Waals surface area contributed by atoms with E-state index in [4.69, 9.17) is 11.6 Å². The smallest absolute Gasteiger partial charge is 0.224 e. The van der Waals surface area contributed by atoms with E-state index < -0.39 is 0 Å². The summed E-state index contributed by atoms with van der Waals surface area (Å²) in [5, 5.41) is -0.142. The van der Waals surface area contributed by atoms with Crippen molar-refractivity contribution in [3.63, 3.8) is 0 Å². The summed E-state index contributed by atoms with van der Waals surface area (Å²) < 4.78 is 0. The molecule has 0 rings (SSSR count). The van der Waals surface area contributed by atoms with Crippen LogP contribution in [0, 0.1) is 5.92 Å². The Kier molecular flexibility index (Phi) is 15.2. The van der Waals surface area contributed by atoms with Crippen molar-refractivity contribution in [3.05, 3.63) is 0 Å². The van der Waals surface area contributed by atoms with E-state index in [0.29, 0.717) is 0 Å². The van der Waals surface area contributed by atoms with Crippen molar-refractivity contribution in [2.75, 3.05) is 0 Å². The van der Waals surface area contributed by atoms with Crippen LogP contribution in [0.3, 0.4) is 0 Å². The van der Waals surface area contributed by atoms with Crippen LogP contribution >= 0.6 is 11.6 Å². The largest absolute Gasteiger partial charge is 0.281 e. The van der Waals surface area contributed by atoms with Crippen molar-refractivity contribution < 1.29 is 4.79 Å². The Morgan fingerprint density at radius 1 is 1.07 bits per heavy atom. The van der Waals surface area contributed by atoms with Crippen LogP contribution in [0.4, 0.5) is 0 Å². The van der Waals surface area contributed by atoms with Crippen LogP contribution in [0.1, 0.15) is 66.2 Å². The summed E-state index contributed by atoms with van der Waals surface area (Å²) in [6.45, 7) is 8.27. The van der Waals surface area contributed by atoms with E-state index in [-0.39, 0.29) is 11.2 Å². The van der Waals surface area contributed by atoms with Crippen LogP contribution < -0.4 is 0 Å². The van der Waals surface area contributed by atoms with Gasteiger partial charge in [-0.1, -0.05) is 53.4 Å². The Morgan fingerprint density at radius 2 is 1.43 bits per heavy atom. The zero-order chi connectivity index (χ0) is 11.4. The van der Waals surface area contributed by atoms with E-state index in [0.717, 1.165) is 38.5 Å². The minimum absolute atomic E-state index is 0.117. The zero-order valence-corrected chi connectivity index (χ0v) is 10.9. The maximum atomic E-state index is 10.9. The van der Waals surface area contributed by atoms with Gasteiger partial charge in [-0.25, -0.2) is 0 Å². The maximum absolute atomic E-state index is 10.9. The number of halogens is 1. The van der Waals surface area contributed by atoms with Gasteiger partial charge < -0.3 is 0 Å². The Morgan fingerprint density at radius 3 is 1.64 bits per heavy atom. The molecule has 0 unspecified atom stereocenters. The summed E-state index contributed by atoms with van der Waals surface area (Å²) in [7, 11) is 0. The fourth-order valence-electron chi connectivity index (χ4n) is 1.27. The van der Waals surface area contributed by atoms with Crippen molar-refractivity contribution >= 4 is 16.8 Å². The molecule has 0 aliphatic rings. The fourth-order valence-corrected chi connectivity index (χ4v) is 1.49. The standard InChI is InChI=1S/C10H19ClO.C2H6/c1-3-5-7-9(10(11)12)8-6-4-2;1-2/h9H,3-8H2,1-2H3;1-2H3. The summed E-state index contributed by atoms with van der Waals surface area (Å²) in [5.41, 5.74) is 0. The second-order valence-corrected chi connectivity index (χ2v) is 3.66. The Balaban J connectivity index is 0. The molecule has 0 aromatic rings.